The van der Waals surface area contributed by atoms with Crippen molar-refractivity contribution < 1.29 is 14.6 Å². The molecule has 0 radical (unpaired) electrons. The summed E-state index contributed by atoms with van der Waals surface area (Å²) in [5.74, 6) is 1.42. The van der Waals surface area contributed by atoms with E-state index in [-0.39, 0.29) is 0 Å². The second-order valence-electron chi connectivity index (χ2n) is 10.5. The van der Waals surface area contributed by atoms with Crippen molar-refractivity contribution in [2.45, 2.75) is 19.3 Å². The lowest BCUT2D eigenvalue weighted by Gasteiger charge is -2.26. The third-order valence-corrected chi connectivity index (χ3v) is 7.49. The highest BCUT2D eigenvalue weighted by atomic mass is 16.5. The number of nitrogens with one attached hydrogen (secondary N) is 1. The molecule has 4 N–H and O–H groups in total. The summed E-state index contributed by atoms with van der Waals surface area (Å²) in [6.07, 6.45) is -0.720. The molecule has 212 valence electrons. The fraction of sp³-hybridized carbons (Fsp3) is 0.167. The monoisotopic (exact) mass is 557 g/mol. The summed E-state index contributed by atoms with van der Waals surface area (Å²) in [7, 11) is 0. The van der Waals surface area contributed by atoms with Gasteiger partial charge < -0.3 is 25.3 Å². The Morgan fingerprint density at radius 2 is 1.43 bits per heavy atom. The minimum Gasteiger partial charge on any atom is -0.492 e. The Balaban J connectivity index is 1.10. The molecule has 1 aromatic heterocycles. The van der Waals surface area contributed by atoms with E-state index in [1.807, 2.05) is 72.8 Å². The number of fused-ring (bicyclic) bond motifs is 3. The number of aromatic amines is 1. The zero-order valence-corrected chi connectivity index (χ0v) is 23.4. The lowest BCUT2D eigenvalue weighted by Crippen LogP contribution is -2.32. The molecule has 6 aromatic rings. The molecule has 1 atom stereocenters. The van der Waals surface area contributed by atoms with Crippen LogP contribution in [0, 0.1) is 0 Å². The van der Waals surface area contributed by atoms with Crippen molar-refractivity contribution in [2.75, 3.05) is 25.4 Å². The van der Waals surface area contributed by atoms with Crippen LogP contribution in [0.5, 0.6) is 11.5 Å². The fourth-order valence-corrected chi connectivity index (χ4v) is 5.28. The number of nitrogen functional groups attached to an aromatic ring is 1. The van der Waals surface area contributed by atoms with Crippen molar-refractivity contribution in [1.82, 2.24) is 9.88 Å². The number of nitrogens with two attached hydrogens (primary N) is 1. The van der Waals surface area contributed by atoms with Crippen LogP contribution >= 0.6 is 0 Å². The molecule has 0 spiro atoms. The number of aliphatic hydroxyl groups excluding tert-OH is 1. The van der Waals surface area contributed by atoms with Gasteiger partial charge in [0.05, 0.1) is 17.3 Å². The largest absolute Gasteiger partial charge is 0.492 e. The SMILES string of the molecule is Nc1cc([C@@H](O)CN(CCOc2ccc3c(c2)[nH]c2ccccc23)Cc2ccccc2)ccc1OCc1ccccc1. The van der Waals surface area contributed by atoms with Gasteiger partial charge >= 0.3 is 0 Å². The van der Waals surface area contributed by atoms with Crippen LogP contribution < -0.4 is 15.2 Å². The maximum Gasteiger partial charge on any atom is 0.142 e. The van der Waals surface area contributed by atoms with Gasteiger partial charge in [0, 0.05) is 42.0 Å². The Kier molecular flexibility index (Phi) is 8.36. The molecule has 0 amide bonds. The second kappa shape index (κ2) is 12.8. The van der Waals surface area contributed by atoms with E-state index in [1.165, 1.54) is 16.3 Å². The number of rotatable bonds is 12. The van der Waals surface area contributed by atoms with Gasteiger partial charge in [-0.15, -0.1) is 0 Å². The van der Waals surface area contributed by atoms with Gasteiger partial charge in [-0.2, -0.15) is 0 Å². The highest BCUT2D eigenvalue weighted by molar-refractivity contribution is 6.07. The third kappa shape index (κ3) is 6.57. The molecule has 0 saturated carbocycles. The lowest BCUT2D eigenvalue weighted by atomic mass is 10.1. The van der Waals surface area contributed by atoms with Gasteiger partial charge in [-0.05, 0) is 47.0 Å². The zero-order chi connectivity index (χ0) is 28.7. The molecule has 0 saturated heterocycles. The van der Waals surface area contributed by atoms with Crippen LogP contribution in [0.15, 0.2) is 121 Å². The van der Waals surface area contributed by atoms with Crippen molar-refractivity contribution >= 4 is 27.5 Å². The molecule has 6 nitrogen and oxygen atoms in total. The number of ether oxygens (including phenoxy) is 2. The fourth-order valence-electron chi connectivity index (χ4n) is 5.28. The molecule has 0 aliphatic heterocycles. The number of nitrogens with zero attached hydrogens (tertiary/aromatic N) is 1. The van der Waals surface area contributed by atoms with E-state index in [0.29, 0.717) is 44.3 Å². The first-order valence-electron chi connectivity index (χ1n) is 14.3. The van der Waals surface area contributed by atoms with Crippen molar-refractivity contribution in [2.24, 2.45) is 0 Å². The number of aromatic nitrogens is 1. The Morgan fingerprint density at radius 3 is 2.21 bits per heavy atom. The molecule has 42 heavy (non-hydrogen) atoms. The molecule has 0 aliphatic carbocycles. The predicted molar refractivity (Wildman–Crippen MR) is 170 cm³/mol. The maximum atomic E-state index is 11.2. The van der Waals surface area contributed by atoms with Gasteiger partial charge in [-0.25, -0.2) is 0 Å². The quantitative estimate of drug-likeness (QED) is 0.140. The van der Waals surface area contributed by atoms with E-state index < -0.39 is 6.10 Å². The average molecular weight is 558 g/mol. The van der Waals surface area contributed by atoms with Crippen LogP contribution in [0.2, 0.25) is 0 Å². The number of hydrogen-bond donors (Lipinski definition) is 3. The Hall–Kier alpha value is -4.78. The van der Waals surface area contributed by atoms with Gasteiger partial charge in [0.15, 0.2) is 0 Å². The van der Waals surface area contributed by atoms with Crippen LogP contribution in [-0.4, -0.2) is 34.7 Å². The smallest absolute Gasteiger partial charge is 0.142 e. The molecule has 0 aliphatic rings. The predicted octanol–water partition coefficient (Wildman–Crippen LogP) is 7.10. The van der Waals surface area contributed by atoms with Crippen LogP contribution in [-0.2, 0) is 13.2 Å². The van der Waals surface area contributed by atoms with E-state index in [1.54, 1.807) is 6.07 Å². The molecule has 0 unspecified atom stereocenters. The number of anilines is 1. The molecule has 0 bridgehead atoms. The van der Waals surface area contributed by atoms with E-state index in [9.17, 15) is 5.11 Å². The van der Waals surface area contributed by atoms with Crippen molar-refractivity contribution in [3.8, 4) is 11.5 Å². The van der Waals surface area contributed by atoms with Gasteiger partial charge in [-0.3, -0.25) is 4.90 Å². The summed E-state index contributed by atoms with van der Waals surface area (Å²) in [6, 6.07) is 40.2. The summed E-state index contributed by atoms with van der Waals surface area (Å²) in [6.45, 7) is 2.69. The molecule has 6 heteroatoms. The minimum atomic E-state index is -0.720. The highest BCUT2D eigenvalue weighted by Gasteiger charge is 2.16. The Morgan fingerprint density at radius 1 is 0.714 bits per heavy atom. The normalized spacial score (nSPS) is 12.1. The number of hydrogen-bond acceptors (Lipinski definition) is 5. The summed E-state index contributed by atoms with van der Waals surface area (Å²) >= 11 is 0. The van der Waals surface area contributed by atoms with Gasteiger partial charge in [0.2, 0.25) is 0 Å². The molecular formula is C36H35N3O3. The number of aliphatic hydroxyl groups is 1. The summed E-state index contributed by atoms with van der Waals surface area (Å²) in [4.78, 5) is 5.68. The van der Waals surface area contributed by atoms with E-state index in [2.05, 4.69) is 52.3 Å². The standard InChI is InChI=1S/C36H35N3O3/c37-32-21-28(15-18-36(32)42-25-27-11-5-2-6-12-27)35(40)24-39(23-26-9-3-1-4-10-26)19-20-41-29-16-17-31-30-13-7-8-14-33(30)38-34(31)22-29/h1-18,21-22,35,38,40H,19-20,23-25,37H2/t35-/m0/s1. The van der Waals surface area contributed by atoms with Crippen LogP contribution in [0.4, 0.5) is 5.69 Å². The molecule has 5 aromatic carbocycles. The van der Waals surface area contributed by atoms with Gasteiger partial charge in [-0.1, -0.05) is 84.9 Å². The summed E-state index contributed by atoms with van der Waals surface area (Å²) in [5, 5.41) is 13.6. The van der Waals surface area contributed by atoms with Crippen LogP contribution in [0.25, 0.3) is 21.8 Å². The van der Waals surface area contributed by atoms with Crippen molar-refractivity contribution in [3.63, 3.8) is 0 Å². The highest BCUT2D eigenvalue weighted by Crippen LogP contribution is 2.29. The van der Waals surface area contributed by atoms with Crippen LogP contribution in [0.3, 0.4) is 0 Å². The van der Waals surface area contributed by atoms with Crippen LogP contribution in [0.1, 0.15) is 22.8 Å². The topological polar surface area (TPSA) is 83.7 Å². The minimum absolute atomic E-state index is 0.433. The first-order valence-corrected chi connectivity index (χ1v) is 14.3. The molecular weight excluding hydrogens is 522 g/mol. The summed E-state index contributed by atoms with van der Waals surface area (Å²) < 4.78 is 12.1. The summed E-state index contributed by atoms with van der Waals surface area (Å²) in [5.41, 5.74) is 12.0. The first-order chi connectivity index (χ1) is 20.6. The number of para-hydroxylation sites is 1. The van der Waals surface area contributed by atoms with E-state index in [0.717, 1.165) is 27.9 Å². The average Bonchev–Trinajstić information content (AvgIpc) is 3.39. The number of H-pyrrole nitrogens is 1. The van der Waals surface area contributed by atoms with Crippen molar-refractivity contribution in [1.29, 1.82) is 0 Å². The first kappa shape index (κ1) is 27.4. The lowest BCUT2D eigenvalue weighted by molar-refractivity contribution is 0.0986. The van der Waals surface area contributed by atoms with Gasteiger partial charge in [0.25, 0.3) is 0 Å². The Labute approximate surface area is 245 Å². The zero-order valence-electron chi connectivity index (χ0n) is 23.4. The second-order valence-corrected chi connectivity index (χ2v) is 10.5. The molecule has 1 heterocycles. The Bertz CT molecular complexity index is 1750. The third-order valence-electron chi connectivity index (χ3n) is 7.49. The number of benzene rings is 5. The molecule has 0 fully saturated rings. The van der Waals surface area contributed by atoms with Crippen molar-refractivity contribution in [3.05, 3.63) is 138 Å². The van der Waals surface area contributed by atoms with Gasteiger partial charge in [0.1, 0.15) is 24.7 Å². The maximum absolute atomic E-state index is 11.2. The van der Waals surface area contributed by atoms with E-state index in [4.69, 9.17) is 15.2 Å². The molecule has 6 rings (SSSR count). The van der Waals surface area contributed by atoms with E-state index >= 15 is 0 Å².